The Labute approximate surface area is 143 Å². The average molecular weight is 346 g/mol. The maximum absolute atomic E-state index is 12.4. The third kappa shape index (κ3) is 3.23. The first-order chi connectivity index (χ1) is 11.1. The number of aryl methyl sites for hydroxylation is 1. The molecule has 0 spiro atoms. The lowest BCUT2D eigenvalue weighted by molar-refractivity contribution is 0.102. The Kier molecular flexibility index (Phi) is 4.37. The summed E-state index contributed by atoms with van der Waals surface area (Å²) in [7, 11) is 0. The monoisotopic (exact) mass is 345 g/mol. The summed E-state index contributed by atoms with van der Waals surface area (Å²) < 4.78 is 1.72. The van der Waals surface area contributed by atoms with Gasteiger partial charge in [0.2, 0.25) is 0 Å². The molecule has 0 aliphatic carbocycles. The molecule has 1 amide bonds. The molecule has 0 saturated heterocycles. The van der Waals surface area contributed by atoms with Crippen molar-refractivity contribution in [1.82, 2.24) is 9.78 Å². The molecule has 0 aliphatic rings. The van der Waals surface area contributed by atoms with Crippen molar-refractivity contribution in [3.05, 3.63) is 76.0 Å². The quantitative estimate of drug-likeness (QED) is 0.745. The van der Waals surface area contributed by atoms with Crippen molar-refractivity contribution in [3.8, 4) is 5.69 Å². The third-order valence-corrected chi connectivity index (χ3v) is 4.14. The lowest BCUT2D eigenvalue weighted by Gasteiger charge is -2.06. The highest BCUT2D eigenvalue weighted by Gasteiger charge is 2.15. The SMILES string of the molecule is Cc1cc(C(=O)Nc2cccc(Cl)c2Cl)nn1-c1ccccc1. The van der Waals surface area contributed by atoms with Gasteiger partial charge < -0.3 is 5.32 Å². The van der Waals surface area contributed by atoms with Gasteiger partial charge in [0.05, 0.1) is 21.4 Å². The molecule has 0 unspecified atom stereocenters. The van der Waals surface area contributed by atoms with Crippen molar-refractivity contribution in [1.29, 1.82) is 0 Å². The van der Waals surface area contributed by atoms with Crippen LogP contribution in [-0.2, 0) is 0 Å². The molecule has 3 aromatic rings. The van der Waals surface area contributed by atoms with E-state index < -0.39 is 0 Å². The van der Waals surface area contributed by atoms with Gasteiger partial charge in [-0.3, -0.25) is 4.79 Å². The fourth-order valence-corrected chi connectivity index (χ4v) is 2.55. The van der Waals surface area contributed by atoms with E-state index in [4.69, 9.17) is 23.2 Å². The highest BCUT2D eigenvalue weighted by atomic mass is 35.5. The molecule has 0 radical (unpaired) electrons. The Morgan fingerprint density at radius 1 is 1.09 bits per heavy atom. The van der Waals surface area contributed by atoms with E-state index in [1.165, 1.54) is 0 Å². The zero-order valence-electron chi connectivity index (χ0n) is 12.3. The Morgan fingerprint density at radius 3 is 2.57 bits per heavy atom. The van der Waals surface area contributed by atoms with Crippen LogP contribution in [0.25, 0.3) is 5.69 Å². The van der Waals surface area contributed by atoms with E-state index >= 15 is 0 Å². The van der Waals surface area contributed by atoms with E-state index in [1.807, 2.05) is 37.3 Å². The normalized spacial score (nSPS) is 10.6. The molecule has 116 valence electrons. The largest absolute Gasteiger partial charge is 0.319 e. The predicted molar refractivity (Wildman–Crippen MR) is 92.7 cm³/mol. The smallest absolute Gasteiger partial charge is 0.276 e. The maximum Gasteiger partial charge on any atom is 0.276 e. The molecule has 4 nitrogen and oxygen atoms in total. The fraction of sp³-hybridized carbons (Fsp3) is 0.0588. The van der Waals surface area contributed by atoms with Crippen molar-refractivity contribution < 1.29 is 4.79 Å². The maximum atomic E-state index is 12.4. The number of amides is 1. The zero-order valence-corrected chi connectivity index (χ0v) is 13.8. The molecule has 2 aromatic carbocycles. The molecule has 1 N–H and O–H groups in total. The fourth-order valence-electron chi connectivity index (χ4n) is 2.20. The molecule has 0 fully saturated rings. The number of anilines is 1. The number of aromatic nitrogens is 2. The van der Waals surface area contributed by atoms with Gasteiger partial charge in [0, 0.05) is 5.69 Å². The molecule has 0 atom stereocenters. The van der Waals surface area contributed by atoms with Gasteiger partial charge in [-0.1, -0.05) is 47.5 Å². The molecule has 1 aromatic heterocycles. The molecule has 0 aliphatic heterocycles. The molecular weight excluding hydrogens is 333 g/mol. The minimum absolute atomic E-state index is 0.307. The summed E-state index contributed by atoms with van der Waals surface area (Å²) >= 11 is 12.0. The van der Waals surface area contributed by atoms with Gasteiger partial charge in [0.15, 0.2) is 5.69 Å². The second-order valence-electron chi connectivity index (χ2n) is 4.97. The summed E-state index contributed by atoms with van der Waals surface area (Å²) in [4.78, 5) is 12.4. The van der Waals surface area contributed by atoms with Crippen LogP contribution in [0.15, 0.2) is 54.6 Å². The molecule has 1 heterocycles. The minimum atomic E-state index is -0.341. The van der Waals surface area contributed by atoms with Crippen molar-refractivity contribution >= 4 is 34.8 Å². The van der Waals surface area contributed by atoms with Gasteiger partial charge in [0.1, 0.15) is 0 Å². The summed E-state index contributed by atoms with van der Waals surface area (Å²) in [6, 6.07) is 16.4. The van der Waals surface area contributed by atoms with E-state index in [0.29, 0.717) is 21.4 Å². The van der Waals surface area contributed by atoms with Crippen LogP contribution in [0.3, 0.4) is 0 Å². The minimum Gasteiger partial charge on any atom is -0.319 e. The summed E-state index contributed by atoms with van der Waals surface area (Å²) in [5.41, 5.74) is 2.52. The van der Waals surface area contributed by atoms with Crippen LogP contribution in [0, 0.1) is 6.92 Å². The Hall–Kier alpha value is -2.30. The Morgan fingerprint density at radius 2 is 1.83 bits per heavy atom. The van der Waals surface area contributed by atoms with Crippen LogP contribution in [0.4, 0.5) is 5.69 Å². The van der Waals surface area contributed by atoms with E-state index in [9.17, 15) is 4.79 Å². The Balaban J connectivity index is 1.88. The van der Waals surface area contributed by atoms with E-state index in [0.717, 1.165) is 11.4 Å². The van der Waals surface area contributed by atoms with Gasteiger partial charge in [-0.05, 0) is 37.3 Å². The first kappa shape index (κ1) is 15.6. The van der Waals surface area contributed by atoms with Gasteiger partial charge >= 0.3 is 0 Å². The van der Waals surface area contributed by atoms with Gasteiger partial charge in [0.25, 0.3) is 5.91 Å². The highest BCUT2D eigenvalue weighted by molar-refractivity contribution is 6.44. The standard InChI is InChI=1S/C17H13Cl2N3O/c1-11-10-15(21-22(11)12-6-3-2-4-7-12)17(23)20-14-9-5-8-13(18)16(14)19/h2-10H,1H3,(H,20,23). The van der Waals surface area contributed by atoms with Crippen LogP contribution in [0.1, 0.15) is 16.2 Å². The molecule has 23 heavy (non-hydrogen) atoms. The molecule has 0 saturated carbocycles. The molecular formula is C17H13Cl2N3O. The van der Waals surface area contributed by atoms with Crippen molar-refractivity contribution in [2.75, 3.05) is 5.32 Å². The second-order valence-corrected chi connectivity index (χ2v) is 5.76. The first-order valence-electron chi connectivity index (χ1n) is 6.93. The van der Waals surface area contributed by atoms with Crippen molar-refractivity contribution in [2.24, 2.45) is 0 Å². The number of nitrogens with zero attached hydrogens (tertiary/aromatic N) is 2. The molecule has 3 rings (SSSR count). The Bertz CT molecular complexity index is 860. The topological polar surface area (TPSA) is 46.9 Å². The van der Waals surface area contributed by atoms with E-state index in [2.05, 4.69) is 10.4 Å². The van der Waals surface area contributed by atoms with Crippen LogP contribution in [0.2, 0.25) is 10.0 Å². The number of benzene rings is 2. The number of rotatable bonds is 3. The van der Waals surface area contributed by atoms with Gasteiger partial charge in [-0.15, -0.1) is 0 Å². The lowest BCUT2D eigenvalue weighted by atomic mass is 10.3. The second kappa shape index (κ2) is 6.44. The zero-order chi connectivity index (χ0) is 16.4. The number of hydrogen-bond donors (Lipinski definition) is 1. The summed E-state index contributed by atoms with van der Waals surface area (Å²) in [5.74, 6) is -0.341. The predicted octanol–water partition coefficient (Wildman–Crippen LogP) is 4.74. The van der Waals surface area contributed by atoms with Gasteiger partial charge in [-0.25, -0.2) is 4.68 Å². The molecule has 6 heteroatoms. The summed E-state index contributed by atoms with van der Waals surface area (Å²) in [5, 5.41) is 7.78. The van der Waals surface area contributed by atoms with Crippen molar-refractivity contribution in [3.63, 3.8) is 0 Å². The van der Waals surface area contributed by atoms with Crippen molar-refractivity contribution in [2.45, 2.75) is 6.92 Å². The molecule has 0 bridgehead atoms. The van der Waals surface area contributed by atoms with Crippen LogP contribution in [-0.4, -0.2) is 15.7 Å². The summed E-state index contributed by atoms with van der Waals surface area (Å²) in [6.45, 7) is 1.89. The van der Waals surface area contributed by atoms with Crippen LogP contribution >= 0.6 is 23.2 Å². The highest BCUT2D eigenvalue weighted by Crippen LogP contribution is 2.29. The van der Waals surface area contributed by atoms with E-state index in [-0.39, 0.29) is 5.91 Å². The summed E-state index contributed by atoms with van der Waals surface area (Å²) in [6.07, 6.45) is 0. The number of carbonyl (C=O) groups is 1. The van der Waals surface area contributed by atoms with Gasteiger partial charge in [-0.2, -0.15) is 5.10 Å². The van der Waals surface area contributed by atoms with E-state index in [1.54, 1.807) is 28.9 Å². The third-order valence-electron chi connectivity index (χ3n) is 3.32. The number of hydrogen-bond acceptors (Lipinski definition) is 2. The first-order valence-corrected chi connectivity index (χ1v) is 7.69. The number of para-hydroxylation sites is 1. The number of carbonyl (C=O) groups excluding carboxylic acids is 1. The van der Waals surface area contributed by atoms with Crippen LogP contribution < -0.4 is 5.32 Å². The number of nitrogens with one attached hydrogen (secondary N) is 1. The average Bonchev–Trinajstić information content (AvgIpc) is 2.95. The lowest BCUT2D eigenvalue weighted by Crippen LogP contribution is -2.13. The number of halogens is 2. The van der Waals surface area contributed by atoms with Crippen LogP contribution in [0.5, 0.6) is 0 Å².